The highest BCUT2D eigenvalue weighted by atomic mass is 35.5. The molecule has 3 aromatic rings. The van der Waals surface area contributed by atoms with Crippen LogP contribution in [0.5, 0.6) is 0 Å². The number of fused-ring (bicyclic) bond motifs is 1. The van der Waals surface area contributed by atoms with Crippen LogP contribution in [0.2, 0.25) is 5.02 Å². The third-order valence-corrected chi connectivity index (χ3v) is 3.50. The molecule has 2 aromatic heterocycles. The van der Waals surface area contributed by atoms with Crippen LogP contribution in [0, 0.1) is 13.8 Å². The van der Waals surface area contributed by atoms with Gasteiger partial charge < -0.3 is 5.73 Å². The van der Waals surface area contributed by atoms with Crippen LogP contribution >= 0.6 is 11.6 Å². The first-order chi connectivity index (χ1) is 9.08. The minimum atomic E-state index is 0.641. The van der Waals surface area contributed by atoms with Crippen LogP contribution in [0.3, 0.4) is 0 Å². The highest BCUT2D eigenvalue weighted by Gasteiger charge is 2.14. The Morgan fingerprint density at radius 3 is 2.74 bits per heavy atom. The molecule has 0 radical (unpaired) electrons. The second-order valence-corrected chi connectivity index (χ2v) is 5.14. The molecule has 19 heavy (non-hydrogen) atoms. The van der Waals surface area contributed by atoms with Crippen molar-refractivity contribution in [1.82, 2.24) is 9.55 Å². The van der Waals surface area contributed by atoms with Gasteiger partial charge in [-0.15, -0.1) is 0 Å². The molecule has 3 rings (SSSR count). The molecule has 0 spiro atoms. The number of benzene rings is 1. The average molecular weight is 272 g/mol. The van der Waals surface area contributed by atoms with Crippen LogP contribution in [-0.2, 0) is 0 Å². The van der Waals surface area contributed by atoms with Gasteiger partial charge in [-0.05, 0) is 49.2 Å². The van der Waals surface area contributed by atoms with Gasteiger partial charge in [-0.3, -0.25) is 4.57 Å². The lowest BCUT2D eigenvalue weighted by Gasteiger charge is -2.13. The van der Waals surface area contributed by atoms with E-state index in [2.05, 4.69) is 11.1 Å². The summed E-state index contributed by atoms with van der Waals surface area (Å²) in [4.78, 5) is 4.41. The molecule has 0 bridgehead atoms. The molecule has 0 atom stereocenters. The number of halogens is 1. The van der Waals surface area contributed by atoms with Gasteiger partial charge in [-0.1, -0.05) is 17.7 Å². The maximum atomic E-state index is 6.39. The molecule has 4 heteroatoms. The van der Waals surface area contributed by atoms with E-state index in [9.17, 15) is 0 Å². The van der Waals surface area contributed by atoms with Gasteiger partial charge in [-0.2, -0.15) is 0 Å². The minimum Gasteiger partial charge on any atom is -0.385 e. The van der Waals surface area contributed by atoms with Gasteiger partial charge in [0.2, 0.25) is 0 Å². The fraction of sp³-hybridized carbons (Fsp3) is 0.133. The maximum absolute atomic E-state index is 6.39. The Morgan fingerprint density at radius 1 is 1.21 bits per heavy atom. The first kappa shape index (κ1) is 12.1. The van der Waals surface area contributed by atoms with Crippen molar-refractivity contribution in [3.63, 3.8) is 0 Å². The molecule has 0 saturated heterocycles. The van der Waals surface area contributed by atoms with E-state index in [1.165, 1.54) is 0 Å². The molecule has 3 nitrogen and oxygen atoms in total. The quantitative estimate of drug-likeness (QED) is 0.730. The number of nitrogen functional groups attached to an aromatic ring is 1. The van der Waals surface area contributed by atoms with Crippen LogP contribution < -0.4 is 5.73 Å². The summed E-state index contributed by atoms with van der Waals surface area (Å²) in [6.45, 7) is 4.06. The lowest BCUT2D eigenvalue weighted by atomic mass is 10.1. The van der Waals surface area contributed by atoms with Gasteiger partial charge in [0.1, 0.15) is 11.5 Å². The van der Waals surface area contributed by atoms with Crippen molar-refractivity contribution < 1.29 is 0 Å². The summed E-state index contributed by atoms with van der Waals surface area (Å²) in [5.41, 5.74) is 10.1. The Hall–Kier alpha value is -2.00. The molecule has 0 aliphatic carbocycles. The van der Waals surface area contributed by atoms with Gasteiger partial charge >= 0.3 is 0 Å². The van der Waals surface area contributed by atoms with Crippen LogP contribution in [0.1, 0.15) is 11.1 Å². The topological polar surface area (TPSA) is 43.8 Å². The summed E-state index contributed by atoms with van der Waals surface area (Å²) < 4.78 is 1.91. The standard InChI is InChI=1S/C15H14ClN3/c1-9-6-10(2)14(12(16)7-9)19-13(17)8-11-4-3-5-18-15(11)19/h3-8H,17H2,1-2H3. The van der Waals surface area contributed by atoms with Crippen LogP contribution in [0.4, 0.5) is 5.82 Å². The number of hydrogen-bond acceptors (Lipinski definition) is 2. The second-order valence-electron chi connectivity index (χ2n) is 4.73. The summed E-state index contributed by atoms with van der Waals surface area (Å²) in [6.07, 6.45) is 1.76. The Balaban J connectivity index is 2.40. The van der Waals surface area contributed by atoms with E-state index in [0.29, 0.717) is 10.8 Å². The van der Waals surface area contributed by atoms with Gasteiger partial charge in [-0.25, -0.2) is 4.98 Å². The molecule has 0 amide bonds. The number of hydrogen-bond donors (Lipinski definition) is 1. The Morgan fingerprint density at radius 2 is 2.00 bits per heavy atom. The fourth-order valence-electron chi connectivity index (χ4n) is 2.48. The van der Waals surface area contributed by atoms with Crippen molar-refractivity contribution in [2.24, 2.45) is 0 Å². The largest absolute Gasteiger partial charge is 0.385 e. The molecule has 0 saturated carbocycles. The number of anilines is 1. The summed E-state index contributed by atoms with van der Waals surface area (Å²) in [5.74, 6) is 0.641. The van der Waals surface area contributed by atoms with Crippen LogP contribution in [-0.4, -0.2) is 9.55 Å². The molecular weight excluding hydrogens is 258 g/mol. The minimum absolute atomic E-state index is 0.641. The van der Waals surface area contributed by atoms with Crippen LogP contribution in [0.15, 0.2) is 36.5 Å². The van der Waals surface area contributed by atoms with Crippen molar-refractivity contribution >= 4 is 28.5 Å². The Kier molecular flexibility index (Phi) is 2.72. The zero-order valence-electron chi connectivity index (χ0n) is 10.8. The Bertz CT molecular complexity index is 751. The van der Waals surface area contributed by atoms with Crippen molar-refractivity contribution in [1.29, 1.82) is 0 Å². The van der Waals surface area contributed by atoms with Crippen molar-refractivity contribution in [3.05, 3.63) is 52.7 Å². The molecule has 0 unspecified atom stereocenters. The van der Waals surface area contributed by atoms with Gasteiger partial charge in [0.25, 0.3) is 0 Å². The third kappa shape index (κ3) is 1.87. The van der Waals surface area contributed by atoms with E-state index in [4.69, 9.17) is 17.3 Å². The van der Waals surface area contributed by atoms with Gasteiger partial charge in [0.15, 0.2) is 0 Å². The number of aromatic nitrogens is 2. The molecule has 0 aliphatic rings. The molecule has 2 N–H and O–H groups in total. The number of aryl methyl sites for hydroxylation is 2. The SMILES string of the molecule is Cc1cc(C)c(-n2c(N)cc3cccnc32)c(Cl)c1. The smallest absolute Gasteiger partial charge is 0.146 e. The van der Waals surface area contributed by atoms with Crippen LogP contribution in [0.25, 0.3) is 16.7 Å². The summed E-state index contributed by atoms with van der Waals surface area (Å²) in [5, 5.41) is 1.70. The van der Waals surface area contributed by atoms with Gasteiger partial charge in [0.05, 0.1) is 10.7 Å². The number of pyridine rings is 1. The molecule has 2 heterocycles. The van der Waals surface area contributed by atoms with Crippen molar-refractivity contribution in [3.8, 4) is 5.69 Å². The molecular formula is C15H14ClN3. The van der Waals surface area contributed by atoms with E-state index in [0.717, 1.165) is 27.8 Å². The molecule has 96 valence electrons. The zero-order chi connectivity index (χ0) is 13.6. The van der Waals surface area contributed by atoms with E-state index < -0.39 is 0 Å². The highest BCUT2D eigenvalue weighted by Crippen LogP contribution is 2.32. The first-order valence-corrected chi connectivity index (χ1v) is 6.45. The molecule has 0 fully saturated rings. The predicted octanol–water partition coefficient (Wildman–Crippen LogP) is 3.88. The maximum Gasteiger partial charge on any atom is 0.146 e. The second kappa shape index (κ2) is 4.28. The average Bonchev–Trinajstić information content (AvgIpc) is 2.65. The number of nitrogens with two attached hydrogens (primary N) is 1. The highest BCUT2D eigenvalue weighted by molar-refractivity contribution is 6.32. The van der Waals surface area contributed by atoms with Gasteiger partial charge in [0, 0.05) is 11.6 Å². The summed E-state index contributed by atoms with van der Waals surface area (Å²) in [6, 6.07) is 9.84. The van der Waals surface area contributed by atoms with E-state index in [-0.39, 0.29) is 0 Å². The molecule has 0 aliphatic heterocycles. The first-order valence-electron chi connectivity index (χ1n) is 6.07. The number of rotatable bonds is 1. The van der Waals surface area contributed by atoms with Crippen molar-refractivity contribution in [2.45, 2.75) is 13.8 Å². The fourth-order valence-corrected chi connectivity index (χ4v) is 2.89. The van der Waals surface area contributed by atoms with E-state index in [1.54, 1.807) is 6.20 Å². The number of nitrogens with zero attached hydrogens (tertiary/aromatic N) is 2. The molecule has 1 aromatic carbocycles. The normalized spacial score (nSPS) is 11.1. The van der Waals surface area contributed by atoms with E-state index >= 15 is 0 Å². The predicted molar refractivity (Wildman–Crippen MR) is 80.0 cm³/mol. The van der Waals surface area contributed by atoms with E-state index in [1.807, 2.05) is 42.7 Å². The third-order valence-electron chi connectivity index (χ3n) is 3.21. The summed E-state index contributed by atoms with van der Waals surface area (Å²) >= 11 is 6.39. The monoisotopic (exact) mass is 271 g/mol. The lowest BCUT2D eigenvalue weighted by molar-refractivity contribution is 1.08. The lowest BCUT2D eigenvalue weighted by Crippen LogP contribution is -2.03. The van der Waals surface area contributed by atoms with Crippen molar-refractivity contribution in [2.75, 3.05) is 5.73 Å². The Labute approximate surface area is 116 Å². The summed E-state index contributed by atoms with van der Waals surface area (Å²) in [7, 11) is 0. The zero-order valence-corrected chi connectivity index (χ0v) is 11.6.